The third-order valence-electron chi connectivity index (χ3n) is 3.21. The van der Waals surface area contributed by atoms with Crippen LogP contribution in [0.2, 0.25) is 0 Å². The van der Waals surface area contributed by atoms with Crippen LogP contribution in [0.25, 0.3) is 0 Å². The molecule has 0 radical (unpaired) electrons. The van der Waals surface area contributed by atoms with Crippen LogP contribution in [-0.2, 0) is 4.79 Å². The molecule has 3 atom stereocenters. The Bertz CT molecular complexity index is 220. The summed E-state index contributed by atoms with van der Waals surface area (Å²) in [5, 5.41) is 10.7. The van der Waals surface area contributed by atoms with Crippen LogP contribution in [0, 0.1) is 5.92 Å². The average molecular weight is 173 g/mol. The van der Waals surface area contributed by atoms with E-state index in [2.05, 4.69) is 4.90 Å². The van der Waals surface area contributed by atoms with Crippen molar-refractivity contribution >= 4 is 5.97 Å². The van der Waals surface area contributed by atoms with Crippen LogP contribution >= 0.6 is 0 Å². The first-order valence-electron chi connectivity index (χ1n) is 4.77. The fraction of sp³-hybridized carbons (Fsp3) is 0.889. The predicted molar refractivity (Wildman–Crippen MR) is 40.2 cm³/mol. The van der Waals surface area contributed by atoms with E-state index in [1.165, 1.54) is 25.7 Å². The van der Waals surface area contributed by atoms with Crippen molar-refractivity contribution in [3.63, 3.8) is 0 Å². The smallest absolute Gasteiger partial charge is 0.548 e. The molecule has 4 heteroatoms. The van der Waals surface area contributed by atoms with E-state index in [0.29, 0.717) is 18.0 Å². The van der Waals surface area contributed by atoms with Crippen molar-refractivity contribution in [2.24, 2.45) is 5.92 Å². The number of hydrogen-bond acceptors (Lipinski definition) is 3. The van der Waals surface area contributed by atoms with E-state index in [9.17, 15) is 9.90 Å². The zero-order valence-electron chi connectivity index (χ0n) is 7.90. The molecule has 0 aromatic heterocycles. The number of nitrogens with zero attached hydrogens (tertiary/aromatic N) is 1. The van der Waals surface area contributed by atoms with Crippen LogP contribution in [0.4, 0.5) is 0 Å². The van der Waals surface area contributed by atoms with E-state index < -0.39 is 5.97 Å². The second-order valence-corrected chi connectivity index (χ2v) is 4.27. The van der Waals surface area contributed by atoms with Crippen LogP contribution in [0.1, 0.15) is 25.7 Å². The molecule has 0 aromatic carbocycles. The maximum atomic E-state index is 10.7. The fourth-order valence-corrected chi connectivity index (χ4v) is 2.31. The van der Waals surface area contributed by atoms with Crippen molar-refractivity contribution in [2.45, 2.75) is 43.8 Å². The minimum absolute atomic E-state index is 0. The van der Waals surface area contributed by atoms with E-state index in [4.69, 9.17) is 0 Å². The molecule has 1 aliphatic heterocycles. The quantitative estimate of drug-likeness (QED) is 0.327. The second-order valence-electron chi connectivity index (χ2n) is 4.27. The van der Waals surface area contributed by atoms with Crippen molar-refractivity contribution in [2.75, 3.05) is 0 Å². The van der Waals surface area contributed by atoms with E-state index >= 15 is 0 Å². The Labute approximate surface area is 89.7 Å². The van der Waals surface area contributed by atoms with Gasteiger partial charge in [-0.15, -0.1) is 0 Å². The van der Waals surface area contributed by atoms with Gasteiger partial charge in [0.1, 0.15) is 0 Å². The Morgan fingerprint density at radius 2 is 1.85 bits per heavy atom. The van der Waals surface area contributed by atoms with Crippen LogP contribution in [0.15, 0.2) is 0 Å². The van der Waals surface area contributed by atoms with Crippen molar-refractivity contribution in [3.05, 3.63) is 0 Å². The summed E-state index contributed by atoms with van der Waals surface area (Å²) in [4.78, 5) is 12.9. The molecule has 0 aromatic rings. The minimum Gasteiger partial charge on any atom is -0.548 e. The number of hydrogen-bond donors (Lipinski definition) is 0. The van der Waals surface area contributed by atoms with Gasteiger partial charge in [0.25, 0.3) is 0 Å². The standard InChI is InChI=1S/C9H13NO2.Li/c11-9(12)8-7(5-1-2-5)10(8)6-3-4-6;/h5-8H,1-4H2,(H,11,12);/q;+1/p-1/t7-,8-,10?;/m1./s1. The summed E-state index contributed by atoms with van der Waals surface area (Å²) in [5.74, 6) is -0.160. The van der Waals surface area contributed by atoms with Crippen molar-refractivity contribution in [3.8, 4) is 0 Å². The molecule has 1 heterocycles. The Kier molecular flexibility index (Phi) is 2.22. The molecule has 3 fully saturated rings. The molecule has 3 rings (SSSR count). The molecule has 0 spiro atoms. The number of rotatable bonds is 3. The second kappa shape index (κ2) is 3.01. The molecule has 2 saturated carbocycles. The topological polar surface area (TPSA) is 43.1 Å². The van der Waals surface area contributed by atoms with E-state index in [1.54, 1.807) is 0 Å². The van der Waals surface area contributed by atoms with Crippen LogP contribution < -0.4 is 24.0 Å². The first kappa shape index (κ1) is 9.58. The van der Waals surface area contributed by atoms with Gasteiger partial charge >= 0.3 is 18.9 Å². The Hall–Kier alpha value is 0.0274. The Morgan fingerprint density at radius 3 is 2.23 bits per heavy atom. The summed E-state index contributed by atoms with van der Waals surface area (Å²) < 4.78 is 0. The summed E-state index contributed by atoms with van der Waals surface area (Å²) in [7, 11) is 0. The molecule has 3 nitrogen and oxygen atoms in total. The van der Waals surface area contributed by atoms with E-state index in [1.807, 2.05) is 0 Å². The molecular weight excluding hydrogens is 161 g/mol. The van der Waals surface area contributed by atoms with E-state index in [0.717, 1.165) is 0 Å². The molecule has 2 aliphatic carbocycles. The number of carboxylic acid groups (broad SMARTS) is 1. The van der Waals surface area contributed by atoms with Gasteiger partial charge in [0.05, 0.1) is 12.0 Å². The number of aliphatic carboxylic acids is 1. The molecular formula is C9H12LiNO2. The van der Waals surface area contributed by atoms with Gasteiger partial charge in [-0.3, -0.25) is 4.90 Å². The van der Waals surface area contributed by atoms with Gasteiger partial charge in [-0.2, -0.15) is 0 Å². The van der Waals surface area contributed by atoms with Gasteiger partial charge in [0.2, 0.25) is 0 Å². The average Bonchev–Trinajstić information content (AvgIpc) is 2.87. The summed E-state index contributed by atoms with van der Waals surface area (Å²) >= 11 is 0. The van der Waals surface area contributed by atoms with Gasteiger partial charge < -0.3 is 9.90 Å². The molecule has 0 bridgehead atoms. The van der Waals surface area contributed by atoms with Gasteiger partial charge in [-0.1, -0.05) is 0 Å². The van der Waals surface area contributed by atoms with Crippen molar-refractivity contribution in [1.29, 1.82) is 0 Å². The van der Waals surface area contributed by atoms with Gasteiger partial charge in [0.15, 0.2) is 0 Å². The number of carbonyl (C=O) groups is 1. The zero-order chi connectivity index (χ0) is 8.29. The Balaban J connectivity index is 0.000000653. The first-order chi connectivity index (χ1) is 5.79. The number of carboxylic acids is 1. The molecule has 1 saturated heterocycles. The molecule has 3 aliphatic rings. The van der Waals surface area contributed by atoms with Crippen LogP contribution in [0.5, 0.6) is 0 Å². The minimum atomic E-state index is -0.848. The molecule has 1 unspecified atom stereocenters. The predicted octanol–water partition coefficient (Wildman–Crippen LogP) is -3.63. The largest absolute Gasteiger partial charge is 1.00 e. The third-order valence-corrected chi connectivity index (χ3v) is 3.21. The fourth-order valence-electron chi connectivity index (χ4n) is 2.31. The van der Waals surface area contributed by atoms with Gasteiger partial charge in [-0.25, -0.2) is 0 Å². The summed E-state index contributed by atoms with van der Waals surface area (Å²) in [5.41, 5.74) is 0. The number of carbonyl (C=O) groups excluding carboxylic acids is 1. The maximum absolute atomic E-state index is 10.7. The molecule has 0 amide bonds. The van der Waals surface area contributed by atoms with Crippen molar-refractivity contribution in [1.82, 2.24) is 4.90 Å². The summed E-state index contributed by atoms with van der Waals surface area (Å²) in [6, 6.07) is 0.742. The van der Waals surface area contributed by atoms with Crippen LogP contribution in [0.3, 0.4) is 0 Å². The SMILES string of the molecule is O=C([O-])[C@H]1[C@@H](C2CC2)N1C1CC1.[Li+]. The summed E-state index contributed by atoms with van der Waals surface area (Å²) in [6.45, 7) is 0. The molecule has 13 heavy (non-hydrogen) atoms. The van der Waals surface area contributed by atoms with Gasteiger partial charge in [-0.05, 0) is 31.6 Å². The van der Waals surface area contributed by atoms with Crippen LogP contribution in [-0.4, -0.2) is 29.0 Å². The monoisotopic (exact) mass is 173 g/mol. The van der Waals surface area contributed by atoms with Crippen molar-refractivity contribution < 1.29 is 28.8 Å². The normalized spacial score (nSPS) is 42.3. The molecule has 66 valence electrons. The Morgan fingerprint density at radius 1 is 1.23 bits per heavy atom. The van der Waals surface area contributed by atoms with E-state index in [-0.39, 0.29) is 24.9 Å². The maximum Gasteiger partial charge on any atom is 1.00 e. The molecule has 0 N–H and O–H groups in total. The van der Waals surface area contributed by atoms with Gasteiger partial charge in [0, 0.05) is 12.1 Å². The zero-order valence-corrected chi connectivity index (χ0v) is 7.90. The first-order valence-corrected chi connectivity index (χ1v) is 4.77. The third kappa shape index (κ3) is 1.54. The summed E-state index contributed by atoms with van der Waals surface area (Å²) in [6.07, 6.45) is 4.87.